The smallest absolute Gasteiger partial charge is 0.303 e. The Balaban J connectivity index is 2.50. The van der Waals surface area contributed by atoms with Crippen molar-refractivity contribution in [1.29, 1.82) is 0 Å². The average Bonchev–Trinajstić information content (AvgIpc) is 2.50. The lowest BCUT2D eigenvalue weighted by molar-refractivity contribution is -0.139. The summed E-state index contributed by atoms with van der Waals surface area (Å²) in [4.78, 5) is 10.6. The van der Waals surface area contributed by atoms with Gasteiger partial charge in [0.25, 0.3) is 0 Å². The molecule has 0 radical (unpaired) electrons. The third kappa shape index (κ3) is 2.99. The number of ether oxygens (including phenoxy) is 1. The van der Waals surface area contributed by atoms with E-state index in [1.165, 1.54) is 0 Å². The first-order chi connectivity index (χ1) is 6.11. The molecule has 13 heavy (non-hydrogen) atoms. The molecule has 0 aromatic rings. The van der Waals surface area contributed by atoms with Gasteiger partial charge in [-0.1, -0.05) is 13.8 Å². The zero-order chi connectivity index (χ0) is 9.84. The predicted molar refractivity (Wildman–Crippen MR) is 49.5 cm³/mol. The van der Waals surface area contributed by atoms with E-state index >= 15 is 0 Å². The van der Waals surface area contributed by atoms with Gasteiger partial charge in [-0.15, -0.1) is 0 Å². The Morgan fingerprint density at radius 2 is 2.31 bits per heavy atom. The number of carboxylic acid groups (broad SMARTS) is 1. The highest BCUT2D eigenvalue weighted by Gasteiger charge is 2.29. The minimum absolute atomic E-state index is 0.278. The fraction of sp³-hybridized carbons (Fsp3) is 0.900. The summed E-state index contributed by atoms with van der Waals surface area (Å²) in [5, 5.41) is 8.75. The summed E-state index contributed by atoms with van der Waals surface area (Å²) in [7, 11) is 0. The Labute approximate surface area is 79.1 Å². The van der Waals surface area contributed by atoms with Crippen LogP contribution in [0.2, 0.25) is 0 Å². The highest BCUT2D eigenvalue weighted by Crippen LogP contribution is 2.30. The zero-order valence-corrected chi connectivity index (χ0v) is 8.32. The molecule has 1 aliphatic rings. The molecule has 1 heterocycles. The largest absolute Gasteiger partial charge is 0.481 e. The first-order valence-corrected chi connectivity index (χ1v) is 4.90. The first kappa shape index (κ1) is 10.5. The number of hydrogen-bond acceptors (Lipinski definition) is 2. The van der Waals surface area contributed by atoms with Gasteiger partial charge in [0, 0.05) is 19.6 Å². The van der Waals surface area contributed by atoms with Gasteiger partial charge in [-0.05, 0) is 24.2 Å². The van der Waals surface area contributed by atoms with E-state index in [0.29, 0.717) is 11.8 Å². The number of aliphatic carboxylic acids is 1. The summed E-state index contributed by atoms with van der Waals surface area (Å²) in [5.41, 5.74) is 0. The van der Waals surface area contributed by atoms with Gasteiger partial charge in [-0.2, -0.15) is 0 Å². The van der Waals surface area contributed by atoms with Crippen molar-refractivity contribution in [3.05, 3.63) is 0 Å². The van der Waals surface area contributed by atoms with E-state index in [2.05, 4.69) is 13.8 Å². The first-order valence-electron chi connectivity index (χ1n) is 4.90. The van der Waals surface area contributed by atoms with E-state index in [1.807, 2.05) is 0 Å². The molecule has 3 heteroatoms. The maximum Gasteiger partial charge on any atom is 0.303 e. The second-order valence-electron chi connectivity index (χ2n) is 4.13. The molecule has 2 unspecified atom stereocenters. The molecule has 76 valence electrons. The van der Waals surface area contributed by atoms with Crippen molar-refractivity contribution in [2.75, 3.05) is 13.2 Å². The van der Waals surface area contributed by atoms with Crippen molar-refractivity contribution < 1.29 is 14.6 Å². The van der Waals surface area contributed by atoms with Crippen LogP contribution in [0, 0.1) is 17.8 Å². The molecule has 0 aliphatic carbocycles. The van der Waals surface area contributed by atoms with Crippen molar-refractivity contribution in [1.82, 2.24) is 0 Å². The fourth-order valence-corrected chi connectivity index (χ4v) is 2.04. The molecule has 1 fully saturated rings. The summed E-state index contributed by atoms with van der Waals surface area (Å²) in [5.74, 6) is 0.476. The summed E-state index contributed by atoms with van der Waals surface area (Å²) in [6.45, 7) is 5.72. The molecule has 0 saturated carbocycles. The van der Waals surface area contributed by atoms with Crippen LogP contribution in [0.3, 0.4) is 0 Å². The number of carbonyl (C=O) groups is 1. The Bertz CT molecular complexity index is 171. The number of rotatable bonds is 4. The quantitative estimate of drug-likeness (QED) is 0.727. The standard InChI is InChI=1S/C10H18O3/c1-7(2)9(5-10(11)12)8-3-4-13-6-8/h7-9H,3-6H2,1-2H3,(H,11,12). The van der Waals surface area contributed by atoms with Gasteiger partial charge < -0.3 is 9.84 Å². The molecule has 0 aromatic heterocycles. The Hall–Kier alpha value is -0.570. The minimum atomic E-state index is -0.689. The lowest BCUT2D eigenvalue weighted by atomic mass is 9.81. The summed E-state index contributed by atoms with van der Waals surface area (Å²) >= 11 is 0. The molecular formula is C10H18O3. The van der Waals surface area contributed by atoms with E-state index in [1.54, 1.807) is 0 Å². The van der Waals surface area contributed by atoms with Crippen molar-refractivity contribution >= 4 is 5.97 Å². The molecular weight excluding hydrogens is 168 g/mol. The normalized spacial score (nSPS) is 25.0. The molecule has 1 saturated heterocycles. The second-order valence-corrected chi connectivity index (χ2v) is 4.13. The van der Waals surface area contributed by atoms with Crippen LogP contribution in [-0.2, 0) is 9.53 Å². The maximum atomic E-state index is 10.6. The van der Waals surface area contributed by atoms with Gasteiger partial charge in [0.15, 0.2) is 0 Å². The van der Waals surface area contributed by atoms with E-state index in [-0.39, 0.29) is 12.3 Å². The second kappa shape index (κ2) is 4.61. The molecule has 1 aliphatic heterocycles. The lowest BCUT2D eigenvalue weighted by Gasteiger charge is -2.24. The van der Waals surface area contributed by atoms with Gasteiger partial charge in [0.1, 0.15) is 0 Å². The van der Waals surface area contributed by atoms with Crippen LogP contribution in [0.1, 0.15) is 26.7 Å². The lowest BCUT2D eigenvalue weighted by Crippen LogP contribution is -2.23. The van der Waals surface area contributed by atoms with Gasteiger partial charge in [-0.25, -0.2) is 0 Å². The van der Waals surface area contributed by atoms with Gasteiger partial charge in [0.2, 0.25) is 0 Å². The summed E-state index contributed by atoms with van der Waals surface area (Å²) in [6, 6.07) is 0. The molecule has 0 aromatic carbocycles. The molecule has 3 nitrogen and oxygen atoms in total. The van der Waals surface area contributed by atoms with Crippen molar-refractivity contribution in [2.24, 2.45) is 17.8 Å². The summed E-state index contributed by atoms with van der Waals surface area (Å²) in [6.07, 6.45) is 1.31. The average molecular weight is 186 g/mol. The van der Waals surface area contributed by atoms with Gasteiger partial charge >= 0.3 is 5.97 Å². The Morgan fingerprint density at radius 3 is 2.69 bits per heavy atom. The zero-order valence-electron chi connectivity index (χ0n) is 8.32. The van der Waals surface area contributed by atoms with Crippen LogP contribution in [-0.4, -0.2) is 24.3 Å². The minimum Gasteiger partial charge on any atom is -0.481 e. The van der Waals surface area contributed by atoms with Crippen molar-refractivity contribution in [3.8, 4) is 0 Å². The topological polar surface area (TPSA) is 46.5 Å². The molecule has 1 N–H and O–H groups in total. The van der Waals surface area contributed by atoms with Crippen LogP contribution in [0.4, 0.5) is 0 Å². The van der Waals surface area contributed by atoms with Crippen LogP contribution in [0.15, 0.2) is 0 Å². The molecule has 0 spiro atoms. The third-order valence-corrected chi connectivity index (χ3v) is 2.84. The SMILES string of the molecule is CC(C)C(CC(=O)O)C1CCOC1. The molecule has 0 amide bonds. The van der Waals surface area contributed by atoms with E-state index < -0.39 is 5.97 Å². The predicted octanol–water partition coefficient (Wildman–Crippen LogP) is 1.77. The van der Waals surface area contributed by atoms with Crippen molar-refractivity contribution in [2.45, 2.75) is 26.7 Å². The van der Waals surface area contributed by atoms with E-state index in [4.69, 9.17) is 9.84 Å². The number of carboxylic acids is 1. The molecule has 2 atom stereocenters. The van der Waals surface area contributed by atoms with Crippen LogP contribution < -0.4 is 0 Å². The van der Waals surface area contributed by atoms with Crippen molar-refractivity contribution in [3.63, 3.8) is 0 Å². The highest BCUT2D eigenvalue weighted by atomic mass is 16.5. The van der Waals surface area contributed by atoms with Crippen LogP contribution in [0.25, 0.3) is 0 Å². The van der Waals surface area contributed by atoms with Crippen LogP contribution >= 0.6 is 0 Å². The Morgan fingerprint density at radius 1 is 1.62 bits per heavy atom. The van der Waals surface area contributed by atoms with Gasteiger partial charge in [-0.3, -0.25) is 4.79 Å². The van der Waals surface area contributed by atoms with E-state index in [9.17, 15) is 4.79 Å². The molecule has 0 bridgehead atoms. The number of hydrogen-bond donors (Lipinski definition) is 1. The van der Waals surface area contributed by atoms with Crippen LogP contribution in [0.5, 0.6) is 0 Å². The monoisotopic (exact) mass is 186 g/mol. The van der Waals surface area contributed by atoms with Gasteiger partial charge in [0.05, 0.1) is 0 Å². The third-order valence-electron chi connectivity index (χ3n) is 2.84. The summed E-state index contributed by atoms with van der Waals surface area (Å²) < 4.78 is 5.28. The maximum absolute atomic E-state index is 10.6. The van der Waals surface area contributed by atoms with E-state index in [0.717, 1.165) is 19.6 Å². The molecule has 1 rings (SSSR count). The highest BCUT2D eigenvalue weighted by molar-refractivity contribution is 5.67. The Kier molecular flexibility index (Phi) is 3.72. The fourth-order valence-electron chi connectivity index (χ4n) is 2.04.